The van der Waals surface area contributed by atoms with Crippen LogP contribution in [0.2, 0.25) is 0 Å². The van der Waals surface area contributed by atoms with Crippen molar-refractivity contribution in [2.24, 2.45) is 0 Å². The van der Waals surface area contributed by atoms with E-state index in [4.69, 9.17) is 4.74 Å². The van der Waals surface area contributed by atoms with Gasteiger partial charge in [0.1, 0.15) is 5.75 Å². The number of nitrogens with zero attached hydrogens (tertiary/aromatic N) is 1. The molecule has 1 aliphatic heterocycles. The van der Waals surface area contributed by atoms with Crippen LogP contribution in [0.5, 0.6) is 5.75 Å². The molecule has 0 aromatic heterocycles. The van der Waals surface area contributed by atoms with Crippen LogP contribution in [-0.2, 0) is 4.74 Å². The topological polar surface area (TPSA) is 32.7 Å². The van der Waals surface area contributed by atoms with E-state index >= 15 is 0 Å². The summed E-state index contributed by atoms with van der Waals surface area (Å²) in [5.74, 6) is 0.377. The quantitative estimate of drug-likeness (QED) is 0.855. The summed E-state index contributed by atoms with van der Waals surface area (Å²) in [6, 6.07) is 7.77. The van der Waals surface area contributed by atoms with E-state index in [1.54, 1.807) is 6.07 Å². The van der Waals surface area contributed by atoms with E-state index in [0.29, 0.717) is 5.75 Å². The lowest BCUT2D eigenvalue weighted by Gasteiger charge is -2.45. The molecule has 0 amide bonds. The van der Waals surface area contributed by atoms with Gasteiger partial charge in [0.25, 0.3) is 0 Å². The molecule has 0 aliphatic carbocycles. The van der Waals surface area contributed by atoms with Gasteiger partial charge in [0.2, 0.25) is 0 Å². The Kier molecular flexibility index (Phi) is 3.40. The summed E-state index contributed by atoms with van der Waals surface area (Å²) in [7, 11) is 0. The summed E-state index contributed by atoms with van der Waals surface area (Å²) in [6.45, 7) is 8.92. The SMILES string of the molecule is CC(c1ccccc1O)N1CCOCC1(C)C. The minimum absolute atomic E-state index is 0.0138. The van der Waals surface area contributed by atoms with E-state index in [-0.39, 0.29) is 11.6 Å². The zero-order chi connectivity index (χ0) is 12.5. The Hall–Kier alpha value is -1.06. The second-order valence-electron chi connectivity index (χ2n) is 5.29. The number of hydrogen-bond acceptors (Lipinski definition) is 3. The van der Waals surface area contributed by atoms with Crippen molar-refractivity contribution >= 4 is 0 Å². The van der Waals surface area contributed by atoms with Crippen LogP contribution >= 0.6 is 0 Å². The molecule has 3 nitrogen and oxygen atoms in total. The molecular weight excluding hydrogens is 214 g/mol. The fourth-order valence-electron chi connectivity index (χ4n) is 2.60. The van der Waals surface area contributed by atoms with Crippen LogP contribution in [0, 0.1) is 0 Å². The summed E-state index contributed by atoms with van der Waals surface area (Å²) < 4.78 is 5.53. The molecule has 94 valence electrons. The predicted molar refractivity (Wildman–Crippen MR) is 68.1 cm³/mol. The molecule has 1 aromatic rings. The standard InChI is InChI=1S/C14H21NO2/c1-11(12-6-4-5-7-13(12)16)15-8-9-17-10-14(15,2)3/h4-7,11,16H,8-10H2,1-3H3. The number of benzene rings is 1. The number of para-hydroxylation sites is 1. The number of phenols is 1. The molecule has 1 aromatic carbocycles. The molecule has 0 radical (unpaired) electrons. The Balaban J connectivity index is 2.25. The Bertz CT molecular complexity index is 390. The summed E-state index contributed by atoms with van der Waals surface area (Å²) in [4.78, 5) is 2.39. The van der Waals surface area contributed by atoms with Gasteiger partial charge in [-0.05, 0) is 26.8 Å². The molecule has 0 bridgehead atoms. The second kappa shape index (κ2) is 4.67. The van der Waals surface area contributed by atoms with Gasteiger partial charge in [-0.1, -0.05) is 18.2 Å². The summed E-state index contributed by atoms with van der Waals surface area (Å²) in [6.07, 6.45) is 0. The van der Waals surface area contributed by atoms with Crippen LogP contribution in [0.15, 0.2) is 24.3 Å². The molecule has 3 heteroatoms. The molecular formula is C14H21NO2. The largest absolute Gasteiger partial charge is 0.508 e. The number of rotatable bonds is 2. The first-order valence-corrected chi connectivity index (χ1v) is 6.15. The molecule has 1 unspecified atom stereocenters. The smallest absolute Gasteiger partial charge is 0.120 e. The zero-order valence-electron chi connectivity index (χ0n) is 10.8. The molecule has 2 rings (SSSR count). The van der Waals surface area contributed by atoms with Crippen LogP contribution in [-0.4, -0.2) is 35.3 Å². The highest BCUT2D eigenvalue weighted by atomic mass is 16.5. The van der Waals surface area contributed by atoms with Gasteiger partial charge >= 0.3 is 0 Å². The van der Waals surface area contributed by atoms with E-state index < -0.39 is 0 Å². The first kappa shape index (κ1) is 12.4. The molecule has 0 spiro atoms. The van der Waals surface area contributed by atoms with Crippen LogP contribution in [0.3, 0.4) is 0 Å². The maximum atomic E-state index is 9.92. The molecule has 1 saturated heterocycles. The number of aromatic hydroxyl groups is 1. The number of morpholine rings is 1. The summed E-state index contributed by atoms with van der Waals surface area (Å²) in [5, 5.41) is 9.92. The lowest BCUT2D eigenvalue weighted by atomic mass is 9.96. The predicted octanol–water partition coefficient (Wildman–Crippen LogP) is 2.56. The van der Waals surface area contributed by atoms with Crippen molar-refractivity contribution in [3.8, 4) is 5.75 Å². The highest BCUT2D eigenvalue weighted by Gasteiger charge is 2.34. The average Bonchev–Trinajstić information content (AvgIpc) is 2.28. The van der Waals surface area contributed by atoms with Gasteiger partial charge in [0, 0.05) is 23.7 Å². The molecule has 0 saturated carbocycles. The van der Waals surface area contributed by atoms with Crippen molar-refractivity contribution in [3.05, 3.63) is 29.8 Å². The van der Waals surface area contributed by atoms with Crippen molar-refractivity contribution in [2.75, 3.05) is 19.8 Å². The fourth-order valence-corrected chi connectivity index (χ4v) is 2.60. The Morgan fingerprint density at radius 3 is 2.71 bits per heavy atom. The number of phenolic OH excluding ortho intramolecular Hbond substituents is 1. The maximum Gasteiger partial charge on any atom is 0.120 e. The highest BCUT2D eigenvalue weighted by molar-refractivity contribution is 5.34. The lowest BCUT2D eigenvalue weighted by Crippen LogP contribution is -2.53. The zero-order valence-corrected chi connectivity index (χ0v) is 10.8. The van der Waals surface area contributed by atoms with Crippen LogP contribution < -0.4 is 0 Å². The van der Waals surface area contributed by atoms with Gasteiger partial charge in [0.05, 0.1) is 13.2 Å². The lowest BCUT2D eigenvalue weighted by molar-refractivity contribution is -0.0698. The van der Waals surface area contributed by atoms with Crippen LogP contribution in [0.4, 0.5) is 0 Å². The normalized spacial score (nSPS) is 22.3. The molecule has 1 atom stereocenters. The highest BCUT2D eigenvalue weighted by Crippen LogP contribution is 2.34. The van der Waals surface area contributed by atoms with Crippen molar-refractivity contribution in [3.63, 3.8) is 0 Å². The summed E-state index contributed by atoms with van der Waals surface area (Å²) >= 11 is 0. The summed E-state index contributed by atoms with van der Waals surface area (Å²) in [5.41, 5.74) is 1.00. The van der Waals surface area contributed by atoms with E-state index in [1.807, 2.05) is 18.2 Å². The third kappa shape index (κ3) is 2.45. The van der Waals surface area contributed by atoms with Gasteiger partial charge in [0.15, 0.2) is 0 Å². The Morgan fingerprint density at radius 1 is 1.35 bits per heavy atom. The fraction of sp³-hybridized carbons (Fsp3) is 0.571. The number of ether oxygens (including phenoxy) is 1. The van der Waals surface area contributed by atoms with Crippen molar-refractivity contribution in [2.45, 2.75) is 32.4 Å². The Labute approximate surface area is 103 Å². The Morgan fingerprint density at radius 2 is 2.06 bits per heavy atom. The van der Waals surface area contributed by atoms with Crippen molar-refractivity contribution < 1.29 is 9.84 Å². The van der Waals surface area contributed by atoms with Gasteiger partial charge in [-0.2, -0.15) is 0 Å². The van der Waals surface area contributed by atoms with E-state index in [0.717, 1.165) is 25.3 Å². The number of hydrogen-bond donors (Lipinski definition) is 1. The molecule has 17 heavy (non-hydrogen) atoms. The molecule has 1 aliphatic rings. The van der Waals surface area contributed by atoms with E-state index in [1.165, 1.54) is 0 Å². The third-order valence-electron chi connectivity index (χ3n) is 3.56. The van der Waals surface area contributed by atoms with Crippen LogP contribution in [0.1, 0.15) is 32.4 Å². The van der Waals surface area contributed by atoms with E-state index in [2.05, 4.69) is 25.7 Å². The maximum absolute atomic E-state index is 9.92. The van der Waals surface area contributed by atoms with E-state index in [9.17, 15) is 5.11 Å². The first-order valence-electron chi connectivity index (χ1n) is 6.15. The van der Waals surface area contributed by atoms with Gasteiger partial charge in [-0.25, -0.2) is 0 Å². The monoisotopic (exact) mass is 235 g/mol. The minimum Gasteiger partial charge on any atom is -0.508 e. The van der Waals surface area contributed by atoms with Crippen LogP contribution in [0.25, 0.3) is 0 Å². The second-order valence-corrected chi connectivity index (χ2v) is 5.29. The molecule has 1 N–H and O–H groups in total. The minimum atomic E-state index is 0.0138. The first-order chi connectivity index (χ1) is 8.02. The van der Waals surface area contributed by atoms with Crippen molar-refractivity contribution in [1.29, 1.82) is 0 Å². The molecule has 1 heterocycles. The van der Waals surface area contributed by atoms with Gasteiger partial charge in [-0.15, -0.1) is 0 Å². The third-order valence-corrected chi connectivity index (χ3v) is 3.56. The average molecular weight is 235 g/mol. The molecule has 1 fully saturated rings. The van der Waals surface area contributed by atoms with Gasteiger partial charge in [-0.3, -0.25) is 4.90 Å². The van der Waals surface area contributed by atoms with Gasteiger partial charge < -0.3 is 9.84 Å². The van der Waals surface area contributed by atoms with Crippen molar-refractivity contribution in [1.82, 2.24) is 4.90 Å².